The summed E-state index contributed by atoms with van der Waals surface area (Å²) in [5.41, 5.74) is 0.950. The minimum atomic E-state index is -0.436. The number of hydrogen-bond donors (Lipinski definition) is 0. The summed E-state index contributed by atoms with van der Waals surface area (Å²) in [5, 5.41) is 14.8. The van der Waals surface area contributed by atoms with Gasteiger partial charge in [-0.3, -0.25) is 19.6 Å². The van der Waals surface area contributed by atoms with Gasteiger partial charge in [-0.1, -0.05) is 0 Å². The maximum Gasteiger partial charge on any atom is 0.312 e. The molecule has 0 aliphatic heterocycles. The molecule has 0 atom stereocenters. The second-order valence-corrected chi connectivity index (χ2v) is 3.68. The summed E-state index contributed by atoms with van der Waals surface area (Å²) in [4.78, 5) is 21.2. The van der Waals surface area contributed by atoms with Crippen LogP contribution >= 0.6 is 0 Å². The van der Waals surface area contributed by atoms with Crippen molar-refractivity contribution in [2.24, 2.45) is 0 Å². The zero-order valence-electron chi connectivity index (χ0n) is 10.1. The van der Waals surface area contributed by atoms with E-state index in [9.17, 15) is 14.9 Å². The molecule has 1 aromatic heterocycles. The fourth-order valence-electron chi connectivity index (χ4n) is 1.64. The summed E-state index contributed by atoms with van der Waals surface area (Å²) in [5.74, 6) is -0.291. The van der Waals surface area contributed by atoms with Gasteiger partial charge in [0.25, 0.3) is 0 Å². The summed E-state index contributed by atoms with van der Waals surface area (Å²) in [6.07, 6.45) is 0.828. The Morgan fingerprint density at radius 3 is 2.65 bits per heavy atom. The summed E-state index contributed by atoms with van der Waals surface area (Å²) < 4.78 is 6.06. The lowest BCUT2D eigenvalue weighted by Gasteiger charge is -2.02. The van der Waals surface area contributed by atoms with Gasteiger partial charge < -0.3 is 4.74 Å². The summed E-state index contributed by atoms with van der Waals surface area (Å²) >= 11 is 0. The van der Waals surface area contributed by atoms with E-state index < -0.39 is 4.92 Å². The highest BCUT2D eigenvalue weighted by Gasteiger charge is 2.21. The van der Waals surface area contributed by atoms with E-state index in [4.69, 9.17) is 0 Å². The first-order chi connectivity index (χ1) is 7.97. The lowest BCUT2D eigenvalue weighted by molar-refractivity contribution is -0.386. The van der Waals surface area contributed by atoms with Crippen LogP contribution in [0.3, 0.4) is 0 Å². The van der Waals surface area contributed by atoms with Crippen LogP contribution in [0.5, 0.6) is 0 Å². The minimum absolute atomic E-state index is 0.0445. The molecule has 7 nitrogen and oxygen atoms in total. The molecule has 94 valence electrons. The molecule has 0 aromatic carbocycles. The number of rotatable bonds is 5. The first-order valence-electron chi connectivity index (χ1n) is 5.22. The molecule has 0 radical (unpaired) electrons. The van der Waals surface area contributed by atoms with Gasteiger partial charge in [0.05, 0.1) is 12.0 Å². The normalized spacial score (nSPS) is 10.3. The van der Waals surface area contributed by atoms with Gasteiger partial charge in [-0.2, -0.15) is 5.10 Å². The minimum Gasteiger partial charge on any atom is -0.469 e. The Kier molecular flexibility index (Phi) is 4.19. The van der Waals surface area contributed by atoms with Crippen molar-refractivity contribution < 1.29 is 14.5 Å². The van der Waals surface area contributed by atoms with Crippen LogP contribution in [-0.4, -0.2) is 27.8 Å². The van der Waals surface area contributed by atoms with Crippen LogP contribution < -0.4 is 0 Å². The molecule has 0 amide bonds. The Morgan fingerprint density at radius 1 is 1.53 bits per heavy atom. The van der Waals surface area contributed by atoms with Crippen molar-refractivity contribution in [3.8, 4) is 0 Å². The van der Waals surface area contributed by atoms with Crippen molar-refractivity contribution in [2.75, 3.05) is 7.11 Å². The van der Waals surface area contributed by atoms with Gasteiger partial charge in [0.15, 0.2) is 0 Å². The van der Waals surface area contributed by atoms with Gasteiger partial charge in [0.2, 0.25) is 0 Å². The monoisotopic (exact) mass is 241 g/mol. The highest BCUT2D eigenvalue weighted by atomic mass is 16.6. The number of carbonyl (C=O) groups excluding carboxylic acids is 1. The highest BCUT2D eigenvalue weighted by Crippen LogP contribution is 2.21. The zero-order valence-corrected chi connectivity index (χ0v) is 10.1. The molecule has 0 saturated carbocycles. The fourth-order valence-corrected chi connectivity index (χ4v) is 1.64. The predicted molar refractivity (Wildman–Crippen MR) is 59.6 cm³/mol. The van der Waals surface area contributed by atoms with Crippen molar-refractivity contribution in [3.63, 3.8) is 0 Å². The molecule has 0 unspecified atom stereocenters. The van der Waals surface area contributed by atoms with Crippen molar-refractivity contribution in [3.05, 3.63) is 21.5 Å². The number of nitro groups is 1. The third-order valence-electron chi connectivity index (χ3n) is 2.50. The lowest BCUT2D eigenvalue weighted by atomic mass is 10.3. The first kappa shape index (κ1) is 13.1. The van der Waals surface area contributed by atoms with Crippen LogP contribution in [0.4, 0.5) is 5.69 Å². The van der Waals surface area contributed by atoms with E-state index in [2.05, 4.69) is 9.84 Å². The standard InChI is InChI=1S/C10H15N3O4/c1-7-10(13(15)16)8(2)12(11-7)6-4-5-9(14)17-3/h4-6H2,1-3H3. The van der Waals surface area contributed by atoms with E-state index >= 15 is 0 Å². The number of aromatic nitrogens is 2. The van der Waals surface area contributed by atoms with E-state index in [0.717, 1.165) is 0 Å². The smallest absolute Gasteiger partial charge is 0.312 e. The molecule has 0 N–H and O–H groups in total. The number of nitrogens with zero attached hydrogens (tertiary/aromatic N) is 3. The maximum atomic E-state index is 10.9. The Morgan fingerprint density at radius 2 is 2.18 bits per heavy atom. The molecule has 0 fully saturated rings. The van der Waals surface area contributed by atoms with E-state index in [1.165, 1.54) is 7.11 Å². The third-order valence-corrected chi connectivity index (χ3v) is 2.50. The number of hydrogen-bond acceptors (Lipinski definition) is 5. The Balaban J connectivity index is 2.70. The van der Waals surface area contributed by atoms with Gasteiger partial charge >= 0.3 is 11.7 Å². The molecule has 1 aromatic rings. The van der Waals surface area contributed by atoms with Gasteiger partial charge in [-0.25, -0.2) is 0 Å². The van der Waals surface area contributed by atoms with Crippen molar-refractivity contribution >= 4 is 11.7 Å². The summed E-state index contributed by atoms with van der Waals surface area (Å²) in [7, 11) is 1.33. The van der Waals surface area contributed by atoms with Gasteiger partial charge in [-0.15, -0.1) is 0 Å². The number of methoxy groups -OCH3 is 1. The predicted octanol–water partition coefficient (Wildman–Crippen LogP) is 1.36. The maximum absolute atomic E-state index is 10.9. The van der Waals surface area contributed by atoms with E-state index in [1.54, 1.807) is 18.5 Å². The third kappa shape index (κ3) is 3.02. The average Bonchev–Trinajstić information content (AvgIpc) is 2.53. The molecular formula is C10H15N3O4. The van der Waals surface area contributed by atoms with Crippen LogP contribution in [-0.2, 0) is 16.1 Å². The first-order valence-corrected chi connectivity index (χ1v) is 5.22. The molecular weight excluding hydrogens is 226 g/mol. The van der Waals surface area contributed by atoms with E-state index in [1.807, 2.05) is 0 Å². The topological polar surface area (TPSA) is 87.3 Å². The second-order valence-electron chi connectivity index (χ2n) is 3.68. The fraction of sp³-hybridized carbons (Fsp3) is 0.600. The average molecular weight is 241 g/mol. The molecule has 7 heteroatoms. The molecule has 0 aliphatic carbocycles. The van der Waals surface area contributed by atoms with Gasteiger partial charge in [0, 0.05) is 13.0 Å². The van der Waals surface area contributed by atoms with Crippen molar-refractivity contribution in [1.82, 2.24) is 9.78 Å². The Labute approximate surface area is 98.5 Å². The van der Waals surface area contributed by atoms with Crippen LogP contribution in [0.1, 0.15) is 24.2 Å². The lowest BCUT2D eigenvalue weighted by Crippen LogP contribution is -2.06. The summed E-state index contributed by atoms with van der Waals surface area (Å²) in [6, 6.07) is 0. The number of esters is 1. The van der Waals surface area contributed by atoms with Gasteiger partial charge in [-0.05, 0) is 20.3 Å². The Bertz CT molecular complexity index is 439. The zero-order chi connectivity index (χ0) is 13.0. The number of aryl methyl sites for hydroxylation is 2. The van der Waals surface area contributed by atoms with E-state index in [0.29, 0.717) is 24.4 Å². The molecule has 1 heterocycles. The highest BCUT2D eigenvalue weighted by molar-refractivity contribution is 5.68. The molecule has 0 spiro atoms. The quantitative estimate of drug-likeness (QED) is 0.441. The Hall–Kier alpha value is -1.92. The molecule has 0 aliphatic rings. The van der Waals surface area contributed by atoms with Crippen LogP contribution in [0.25, 0.3) is 0 Å². The van der Waals surface area contributed by atoms with Crippen LogP contribution in [0.15, 0.2) is 0 Å². The van der Waals surface area contributed by atoms with E-state index in [-0.39, 0.29) is 18.1 Å². The molecule has 17 heavy (non-hydrogen) atoms. The molecule has 1 rings (SSSR count). The number of carbonyl (C=O) groups is 1. The molecule has 0 bridgehead atoms. The number of ether oxygens (including phenoxy) is 1. The SMILES string of the molecule is COC(=O)CCCn1nc(C)c([N+](=O)[O-])c1C. The summed E-state index contributed by atoms with van der Waals surface area (Å²) in [6.45, 7) is 3.72. The van der Waals surface area contributed by atoms with Crippen molar-refractivity contribution in [2.45, 2.75) is 33.2 Å². The largest absolute Gasteiger partial charge is 0.469 e. The second kappa shape index (κ2) is 5.42. The van der Waals surface area contributed by atoms with Crippen LogP contribution in [0, 0.1) is 24.0 Å². The molecule has 0 saturated heterocycles. The van der Waals surface area contributed by atoms with Gasteiger partial charge in [0.1, 0.15) is 11.4 Å². The van der Waals surface area contributed by atoms with Crippen molar-refractivity contribution in [1.29, 1.82) is 0 Å². The van der Waals surface area contributed by atoms with Crippen LogP contribution in [0.2, 0.25) is 0 Å².